The molecule has 0 fully saturated rings. The lowest BCUT2D eigenvalue weighted by molar-refractivity contribution is -0.160. The molecule has 6 heteroatoms. The van der Waals surface area contributed by atoms with Crippen LogP contribution < -0.4 is 0 Å². The van der Waals surface area contributed by atoms with E-state index in [1.807, 2.05) is 6.92 Å². The van der Waals surface area contributed by atoms with Crippen molar-refractivity contribution in [2.75, 3.05) is 0 Å². The van der Waals surface area contributed by atoms with Gasteiger partial charge >= 0.3 is 17.9 Å². The Morgan fingerprint density at radius 3 is 1.76 bits per heavy atom. The summed E-state index contributed by atoms with van der Waals surface area (Å²) in [4.78, 5) is 31.8. The first-order valence-corrected chi connectivity index (χ1v) is 7.07. The summed E-state index contributed by atoms with van der Waals surface area (Å²) in [6.45, 7) is 10.7. The van der Waals surface area contributed by atoms with Crippen molar-refractivity contribution < 1.29 is 29.3 Å². The van der Waals surface area contributed by atoms with Crippen LogP contribution in [0.2, 0.25) is 0 Å². The van der Waals surface area contributed by atoms with E-state index < -0.39 is 29.4 Å². The van der Waals surface area contributed by atoms with Crippen molar-refractivity contribution in [3.63, 3.8) is 0 Å². The lowest BCUT2D eigenvalue weighted by atomic mass is 9.93. The van der Waals surface area contributed by atoms with E-state index in [1.165, 1.54) is 0 Å². The molecule has 0 aromatic heterocycles. The Kier molecular flexibility index (Phi) is 10.5. The molecule has 1 unspecified atom stereocenters. The van der Waals surface area contributed by atoms with Crippen molar-refractivity contribution in [1.29, 1.82) is 0 Å². The third kappa shape index (κ3) is 14.6. The van der Waals surface area contributed by atoms with Gasteiger partial charge in [-0.05, 0) is 33.1 Å². The van der Waals surface area contributed by atoms with Gasteiger partial charge in [0.15, 0.2) is 0 Å². The van der Waals surface area contributed by atoms with Crippen LogP contribution in [0.3, 0.4) is 0 Å². The van der Waals surface area contributed by atoms with Gasteiger partial charge in [0.1, 0.15) is 5.60 Å². The smallest absolute Gasteiger partial charge is 0.307 e. The molecule has 0 aliphatic rings. The summed E-state index contributed by atoms with van der Waals surface area (Å²) >= 11 is 0. The average Bonchev–Trinajstić information content (AvgIpc) is 2.23. The van der Waals surface area contributed by atoms with Crippen LogP contribution >= 0.6 is 0 Å². The van der Waals surface area contributed by atoms with E-state index >= 15 is 0 Å². The topological polar surface area (TPSA) is 101 Å². The fourth-order valence-corrected chi connectivity index (χ4v) is 1.38. The summed E-state index contributed by atoms with van der Waals surface area (Å²) in [6.07, 6.45) is 0.958. The molecule has 124 valence electrons. The second kappa shape index (κ2) is 10.2. The molecule has 6 nitrogen and oxygen atoms in total. The zero-order chi connectivity index (χ0) is 17.2. The monoisotopic (exact) mass is 304 g/mol. The Bertz CT molecular complexity index is 341. The van der Waals surface area contributed by atoms with Gasteiger partial charge in [-0.3, -0.25) is 14.4 Å². The molecular weight excluding hydrogens is 276 g/mol. The molecule has 0 aromatic rings. The van der Waals surface area contributed by atoms with Crippen LogP contribution in [0.4, 0.5) is 0 Å². The van der Waals surface area contributed by atoms with Crippen molar-refractivity contribution in [3.8, 4) is 0 Å². The summed E-state index contributed by atoms with van der Waals surface area (Å²) in [7, 11) is 0. The predicted octanol–water partition coefficient (Wildman–Crippen LogP) is 2.95. The number of carbonyl (C=O) groups is 3. The molecule has 0 saturated carbocycles. The van der Waals surface area contributed by atoms with Crippen LogP contribution in [-0.4, -0.2) is 33.7 Å². The highest BCUT2D eigenvalue weighted by atomic mass is 16.6. The van der Waals surface area contributed by atoms with E-state index in [0.717, 1.165) is 6.42 Å². The molecule has 0 saturated heterocycles. The normalized spacial score (nSPS) is 12.1. The number of carbonyl (C=O) groups excluding carboxylic acids is 1. The number of ether oxygens (including phenoxy) is 1. The van der Waals surface area contributed by atoms with Crippen LogP contribution in [0.1, 0.15) is 60.8 Å². The molecule has 0 amide bonds. The molecule has 0 aromatic carbocycles. The van der Waals surface area contributed by atoms with E-state index in [2.05, 4.69) is 0 Å². The molecule has 21 heavy (non-hydrogen) atoms. The lowest BCUT2D eigenvalue weighted by Gasteiger charge is -2.22. The third-order valence-electron chi connectivity index (χ3n) is 2.39. The first-order valence-electron chi connectivity index (χ1n) is 7.07. The zero-order valence-electron chi connectivity index (χ0n) is 13.8. The van der Waals surface area contributed by atoms with Gasteiger partial charge in [0, 0.05) is 6.42 Å². The Morgan fingerprint density at radius 1 is 1.10 bits per heavy atom. The van der Waals surface area contributed by atoms with E-state index in [-0.39, 0.29) is 12.3 Å². The largest absolute Gasteiger partial charge is 0.481 e. The molecule has 0 heterocycles. The number of hydrogen-bond acceptors (Lipinski definition) is 4. The van der Waals surface area contributed by atoms with Crippen molar-refractivity contribution in [2.24, 2.45) is 11.8 Å². The molecule has 1 atom stereocenters. The highest BCUT2D eigenvalue weighted by Gasteiger charge is 2.27. The summed E-state index contributed by atoms with van der Waals surface area (Å²) in [6, 6.07) is 0. The molecule has 0 bridgehead atoms. The number of esters is 1. The Labute approximate surface area is 126 Å². The highest BCUT2D eigenvalue weighted by molar-refractivity contribution is 5.79. The molecule has 0 aliphatic heterocycles. The van der Waals surface area contributed by atoms with Crippen LogP contribution in [-0.2, 0) is 19.1 Å². The second-order valence-electron chi connectivity index (χ2n) is 6.12. The van der Waals surface area contributed by atoms with Crippen LogP contribution in [0.15, 0.2) is 0 Å². The molecule has 0 radical (unpaired) electrons. The number of carboxylic acids is 2. The number of aliphatic carboxylic acids is 2. The maximum absolute atomic E-state index is 11.4. The van der Waals surface area contributed by atoms with Crippen molar-refractivity contribution in [2.45, 2.75) is 66.4 Å². The molecule has 0 rings (SSSR count). The third-order valence-corrected chi connectivity index (χ3v) is 2.39. The number of carboxylic acid groups (broad SMARTS) is 2. The van der Waals surface area contributed by atoms with Crippen molar-refractivity contribution >= 4 is 17.9 Å². The number of rotatable bonds is 6. The van der Waals surface area contributed by atoms with E-state index in [4.69, 9.17) is 14.9 Å². The minimum absolute atomic E-state index is 0.0652. The van der Waals surface area contributed by atoms with Crippen LogP contribution in [0, 0.1) is 11.8 Å². The summed E-state index contributed by atoms with van der Waals surface area (Å²) in [5.74, 6) is -2.85. The zero-order valence-corrected chi connectivity index (χ0v) is 13.8. The van der Waals surface area contributed by atoms with Gasteiger partial charge in [-0.25, -0.2) is 0 Å². The maximum atomic E-state index is 11.4. The van der Waals surface area contributed by atoms with Gasteiger partial charge in [0.25, 0.3) is 0 Å². The maximum Gasteiger partial charge on any atom is 0.307 e. The summed E-state index contributed by atoms with van der Waals surface area (Å²) in [5, 5.41) is 16.8. The van der Waals surface area contributed by atoms with Gasteiger partial charge in [-0.2, -0.15) is 0 Å². The summed E-state index contributed by atoms with van der Waals surface area (Å²) < 4.78 is 5.07. The summed E-state index contributed by atoms with van der Waals surface area (Å²) in [5.41, 5.74) is -0.558. The van der Waals surface area contributed by atoms with Crippen molar-refractivity contribution in [3.05, 3.63) is 0 Å². The van der Waals surface area contributed by atoms with Crippen LogP contribution in [0.5, 0.6) is 0 Å². The molecule has 2 N–H and O–H groups in total. The molecule has 0 aliphatic carbocycles. The van der Waals surface area contributed by atoms with Crippen molar-refractivity contribution in [1.82, 2.24) is 0 Å². The van der Waals surface area contributed by atoms with Gasteiger partial charge in [-0.15, -0.1) is 0 Å². The minimum Gasteiger partial charge on any atom is -0.481 e. The lowest BCUT2D eigenvalue weighted by Crippen LogP contribution is -2.29. The number of hydrogen-bond donors (Lipinski definition) is 2. The Hall–Kier alpha value is -1.59. The Balaban J connectivity index is 0. The quantitative estimate of drug-likeness (QED) is 0.732. The highest BCUT2D eigenvalue weighted by Crippen LogP contribution is 2.18. The SMILES string of the molecule is CC(C)C(CC(=O)OC(C)(C)C)C(=O)O.CCCC(=O)O. The van der Waals surface area contributed by atoms with E-state index in [1.54, 1.807) is 34.6 Å². The molecular formula is C15H28O6. The van der Waals surface area contributed by atoms with Gasteiger partial charge in [-0.1, -0.05) is 20.8 Å². The van der Waals surface area contributed by atoms with Gasteiger partial charge in [0.2, 0.25) is 0 Å². The fourth-order valence-electron chi connectivity index (χ4n) is 1.38. The molecule has 0 spiro atoms. The average molecular weight is 304 g/mol. The fraction of sp³-hybridized carbons (Fsp3) is 0.800. The van der Waals surface area contributed by atoms with Gasteiger partial charge in [0.05, 0.1) is 12.3 Å². The second-order valence-corrected chi connectivity index (χ2v) is 6.12. The first kappa shape index (κ1) is 21.7. The Morgan fingerprint density at radius 2 is 1.57 bits per heavy atom. The van der Waals surface area contributed by atoms with E-state index in [9.17, 15) is 14.4 Å². The van der Waals surface area contributed by atoms with E-state index in [0.29, 0.717) is 6.42 Å². The predicted molar refractivity (Wildman–Crippen MR) is 79.0 cm³/mol. The minimum atomic E-state index is -0.948. The van der Waals surface area contributed by atoms with Crippen LogP contribution in [0.25, 0.3) is 0 Å². The first-order chi connectivity index (χ1) is 9.40. The standard InChI is InChI=1S/C11H20O4.C4H8O2/c1-7(2)8(10(13)14)6-9(12)15-11(3,4)5;1-2-3-4(5)6/h7-8H,6H2,1-5H3,(H,13,14);2-3H2,1H3,(H,5,6). The van der Waals surface area contributed by atoms with Gasteiger partial charge < -0.3 is 14.9 Å².